The Balaban J connectivity index is 1.97. The van der Waals surface area contributed by atoms with Crippen LogP contribution in [-0.2, 0) is 5.79 Å². The number of rotatable bonds is 11. The fraction of sp³-hybridized carbons (Fsp3) is 0.0968. The zero-order valence-corrected chi connectivity index (χ0v) is 21.6. The highest BCUT2D eigenvalue weighted by molar-refractivity contribution is 6.02. The highest BCUT2D eigenvalue weighted by atomic mass is 16.7. The van der Waals surface area contributed by atoms with Crippen LogP contribution < -0.4 is 9.47 Å². The van der Waals surface area contributed by atoms with Gasteiger partial charge in [0, 0.05) is 5.56 Å². The fourth-order valence-electron chi connectivity index (χ4n) is 4.45. The van der Waals surface area contributed by atoms with E-state index in [0.717, 1.165) is 29.8 Å². The van der Waals surface area contributed by atoms with Gasteiger partial charge in [-0.1, -0.05) is 67.6 Å². The average molecular weight is 557 g/mol. The summed E-state index contributed by atoms with van der Waals surface area (Å²) < 4.78 is 12.9. The van der Waals surface area contributed by atoms with Crippen LogP contribution in [0.2, 0.25) is 0 Å². The summed E-state index contributed by atoms with van der Waals surface area (Å²) in [5.74, 6) is -8.35. The minimum absolute atomic E-state index is 0.0420. The van der Waals surface area contributed by atoms with Crippen LogP contribution in [0.25, 0.3) is 0 Å². The van der Waals surface area contributed by atoms with Gasteiger partial charge in [-0.2, -0.15) is 0 Å². The van der Waals surface area contributed by atoms with E-state index in [2.05, 4.69) is 0 Å². The maximum atomic E-state index is 11.9. The first-order valence-corrected chi connectivity index (χ1v) is 12.2. The van der Waals surface area contributed by atoms with Crippen molar-refractivity contribution in [2.45, 2.75) is 18.6 Å². The first kappa shape index (κ1) is 28.4. The quantitative estimate of drug-likeness (QED) is 0.171. The SMILES string of the molecule is CC(c1ccccc1)C(Oc1ccc(C(=O)O)c(C(=O)O)c1)(Oc1ccc(C(=O)O)c(C(=O)O)c1)c1ccccc1. The smallest absolute Gasteiger partial charge is 0.336 e. The summed E-state index contributed by atoms with van der Waals surface area (Å²) in [4.78, 5) is 47.0. The second-order valence-electron chi connectivity index (χ2n) is 9.01. The normalized spacial score (nSPS) is 11.7. The van der Waals surface area contributed by atoms with E-state index in [1.807, 2.05) is 18.2 Å². The van der Waals surface area contributed by atoms with Gasteiger partial charge in [-0.05, 0) is 42.0 Å². The summed E-state index contributed by atoms with van der Waals surface area (Å²) >= 11 is 0. The molecule has 0 saturated carbocycles. The largest absolute Gasteiger partial charge is 0.478 e. The Bertz CT molecular complexity index is 1540. The van der Waals surface area contributed by atoms with Crippen LogP contribution in [0.15, 0.2) is 97.1 Å². The molecule has 0 bridgehead atoms. The summed E-state index contributed by atoms with van der Waals surface area (Å²) in [5, 5.41) is 38.3. The molecule has 0 aliphatic heterocycles. The van der Waals surface area contributed by atoms with E-state index in [-0.39, 0.29) is 11.5 Å². The molecule has 0 saturated heterocycles. The molecule has 0 amide bonds. The number of aromatic carboxylic acids is 4. The van der Waals surface area contributed by atoms with E-state index in [0.29, 0.717) is 5.56 Å². The average Bonchev–Trinajstić information content (AvgIpc) is 2.96. The van der Waals surface area contributed by atoms with Crippen molar-refractivity contribution in [1.29, 1.82) is 0 Å². The van der Waals surface area contributed by atoms with Crippen molar-refractivity contribution >= 4 is 23.9 Å². The van der Waals surface area contributed by atoms with Gasteiger partial charge in [0.05, 0.1) is 28.2 Å². The summed E-state index contributed by atoms with van der Waals surface area (Å²) in [6, 6.07) is 24.6. The van der Waals surface area contributed by atoms with Gasteiger partial charge in [0.25, 0.3) is 5.79 Å². The first-order valence-electron chi connectivity index (χ1n) is 12.2. The molecule has 10 nitrogen and oxygen atoms in total. The molecule has 0 fully saturated rings. The summed E-state index contributed by atoms with van der Waals surface area (Å²) in [7, 11) is 0. The predicted octanol–water partition coefficient (Wildman–Crippen LogP) is 5.59. The monoisotopic (exact) mass is 556 g/mol. The third-order valence-corrected chi connectivity index (χ3v) is 6.49. The van der Waals surface area contributed by atoms with Crippen molar-refractivity contribution in [1.82, 2.24) is 0 Å². The highest BCUT2D eigenvalue weighted by Gasteiger charge is 2.45. The van der Waals surface area contributed by atoms with E-state index in [9.17, 15) is 39.6 Å². The lowest BCUT2D eigenvalue weighted by molar-refractivity contribution is -0.139. The van der Waals surface area contributed by atoms with Crippen LogP contribution in [0.1, 0.15) is 65.4 Å². The van der Waals surface area contributed by atoms with E-state index in [1.165, 1.54) is 12.1 Å². The lowest BCUT2D eigenvalue weighted by atomic mass is 9.86. The predicted molar refractivity (Wildman–Crippen MR) is 145 cm³/mol. The molecule has 4 rings (SSSR count). The lowest BCUT2D eigenvalue weighted by Gasteiger charge is -2.40. The van der Waals surface area contributed by atoms with Gasteiger partial charge >= 0.3 is 23.9 Å². The molecule has 10 heteroatoms. The fourth-order valence-corrected chi connectivity index (χ4v) is 4.45. The number of hydrogen-bond donors (Lipinski definition) is 4. The molecule has 0 radical (unpaired) electrons. The Morgan fingerprint density at radius 1 is 0.561 bits per heavy atom. The first-order chi connectivity index (χ1) is 19.5. The van der Waals surface area contributed by atoms with E-state index in [1.54, 1.807) is 49.4 Å². The second kappa shape index (κ2) is 11.6. The van der Waals surface area contributed by atoms with Crippen LogP contribution in [0.3, 0.4) is 0 Å². The number of benzene rings is 4. The van der Waals surface area contributed by atoms with Crippen molar-refractivity contribution in [3.8, 4) is 11.5 Å². The van der Waals surface area contributed by atoms with Gasteiger partial charge in [0.15, 0.2) is 0 Å². The van der Waals surface area contributed by atoms with Crippen molar-refractivity contribution < 1.29 is 49.1 Å². The minimum atomic E-state index is -1.79. The van der Waals surface area contributed by atoms with Gasteiger partial charge in [0.1, 0.15) is 11.5 Å². The van der Waals surface area contributed by atoms with E-state index < -0.39 is 57.8 Å². The summed E-state index contributed by atoms with van der Waals surface area (Å²) in [6.07, 6.45) is 0. The molecule has 1 unspecified atom stereocenters. The number of hydrogen-bond acceptors (Lipinski definition) is 6. The van der Waals surface area contributed by atoms with Crippen LogP contribution in [0, 0.1) is 0 Å². The standard InChI is InChI=1S/C31H24O10/c1-18(19-8-4-2-5-9-19)31(20-10-6-3-7-11-20,40-21-12-14-23(27(32)33)25(16-21)29(36)37)41-22-13-15-24(28(34)35)26(17-22)30(38)39/h2-18H,1H3,(H,32,33)(H,34,35)(H,36,37)(H,38,39). The van der Waals surface area contributed by atoms with Gasteiger partial charge in [-0.3, -0.25) is 0 Å². The van der Waals surface area contributed by atoms with Crippen molar-refractivity contribution in [3.05, 3.63) is 130 Å². The van der Waals surface area contributed by atoms with Gasteiger partial charge in [-0.15, -0.1) is 0 Å². The molecule has 4 aromatic rings. The lowest BCUT2D eigenvalue weighted by Crippen LogP contribution is -2.44. The Kier molecular flexibility index (Phi) is 8.04. The second-order valence-corrected chi connectivity index (χ2v) is 9.01. The molecule has 0 spiro atoms. The highest BCUT2D eigenvalue weighted by Crippen LogP contribution is 2.43. The zero-order valence-electron chi connectivity index (χ0n) is 21.6. The Hall–Kier alpha value is -5.64. The molecular weight excluding hydrogens is 532 g/mol. The third kappa shape index (κ3) is 5.86. The molecule has 4 aromatic carbocycles. The number of carbonyl (C=O) groups is 4. The van der Waals surface area contributed by atoms with Gasteiger partial charge < -0.3 is 29.9 Å². The maximum absolute atomic E-state index is 11.9. The number of carboxylic acids is 4. The molecule has 208 valence electrons. The minimum Gasteiger partial charge on any atom is -0.478 e. The molecule has 4 N–H and O–H groups in total. The molecule has 0 aliphatic rings. The Labute approximate surface area is 233 Å². The zero-order chi connectivity index (χ0) is 29.7. The summed E-state index contributed by atoms with van der Waals surface area (Å²) in [6.45, 7) is 1.79. The van der Waals surface area contributed by atoms with E-state index in [4.69, 9.17) is 9.47 Å². The molecule has 0 aliphatic carbocycles. The molecule has 1 atom stereocenters. The van der Waals surface area contributed by atoms with Crippen LogP contribution in [0.4, 0.5) is 0 Å². The van der Waals surface area contributed by atoms with Crippen molar-refractivity contribution in [2.75, 3.05) is 0 Å². The molecular formula is C31H24O10. The summed E-state index contributed by atoms with van der Waals surface area (Å²) in [5.41, 5.74) is -0.719. The topological polar surface area (TPSA) is 168 Å². The Morgan fingerprint density at radius 3 is 1.34 bits per heavy atom. The number of carboxylic acid groups (broad SMARTS) is 4. The third-order valence-electron chi connectivity index (χ3n) is 6.49. The van der Waals surface area contributed by atoms with E-state index >= 15 is 0 Å². The van der Waals surface area contributed by atoms with Crippen LogP contribution in [-0.4, -0.2) is 44.3 Å². The van der Waals surface area contributed by atoms with Crippen LogP contribution in [0.5, 0.6) is 11.5 Å². The molecule has 41 heavy (non-hydrogen) atoms. The van der Waals surface area contributed by atoms with Gasteiger partial charge in [-0.25, -0.2) is 19.2 Å². The Morgan fingerprint density at radius 2 is 0.951 bits per heavy atom. The van der Waals surface area contributed by atoms with Crippen molar-refractivity contribution in [3.63, 3.8) is 0 Å². The molecule has 0 heterocycles. The maximum Gasteiger partial charge on any atom is 0.336 e. The van der Waals surface area contributed by atoms with Crippen LogP contribution >= 0.6 is 0 Å². The molecule has 0 aromatic heterocycles. The van der Waals surface area contributed by atoms with Crippen molar-refractivity contribution in [2.24, 2.45) is 0 Å². The van der Waals surface area contributed by atoms with Gasteiger partial charge in [0.2, 0.25) is 0 Å². The number of ether oxygens (including phenoxy) is 2.